The van der Waals surface area contributed by atoms with E-state index in [0.717, 1.165) is 35.6 Å². The average molecular weight is 355 g/mol. The monoisotopic (exact) mass is 354 g/mol. The van der Waals surface area contributed by atoms with Crippen molar-refractivity contribution in [3.05, 3.63) is 77.2 Å². The molecule has 0 bridgehead atoms. The van der Waals surface area contributed by atoms with Gasteiger partial charge in [-0.05, 0) is 36.2 Å². The van der Waals surface area contributed by atoms with E-state index in [1.807, 2.05) is 61.5 Å². The van der Waals surface area contributed by atoms with Crippen LogP contribution >= 0.6 is 11.6 Å². The molecule has 0 saturated carbocycles. The number of benzene rings is 2. The highest BCUT2D eigenvalue weighted by molar-refractivity contribution is 6.32. The van der Waals surface area contributed by atoms with Gasteiger partial charge < -0.3 is 9.47 Å². The smallest absolute Gasteiger partial charge is 0.235 e. The number of aromatic nitrogens is 2. The third-order valence-corrected chi connectivity index (χ3v) is 4.08. The van der Waals surface area contributed by atoms with Crippen molar-refractivity contribution in [2.75, 3.05) is 6.61 Å². The van der Waals surface area contributed by atoms with Crippen molar-refractivity contribution in [2.24, 2.45) is 0 Å². The number of rotatable bonds is 7. The molecule has 0 spiro atoms. The number of hydrogen-bond acceptors (Lipinski definition) is 4. The first-order valence-electron chi connectivity index (χ1n) is 8.20. The van der Waals surface area contributed by atoms with Crippen molar-refractivity contribution in [3.63, 3.8) is 0 Å². The summed E-state index contributed by atoms with van der Waals surface area (Å²) in [5.74, 6) is 2.07. The van der Waals surface area contributed by atoms with Crippen LogP contribution in [0.15, 0.2) is 60.9 Å². The Morgan fingerprint density at radius 1 is 0.920 bits per heavy atom. The Bertz CT molecular complexity index is 808. The lowest BCUT2D eigenvalue weighted by Crippen LogP contribution is -2.04. The normalized spacial score (nSPS) is 10.5. The topological polar surface area (TPSA) is 44.2 Å². The van der Waals surface area contributed by atoms with E-state index in [1.165, 1.54) is 6.33 Å². The molecule has 0 radical (unpaired) electrons. The lowest BCUT2D eigenvalue weighted by molar-refractivity contribution is 0.308. The molecule has 2 aromatic carbocycles. The average Bonchev–Trinajstić information content (AvgIpc) is 2.65. The maximum absolute atomic E-state index is 6.22. The van der Waals surface area contributed by atoms with Gasteiger partial charge in [0.1, 0.15) is 22.8 Å². The molecule has 0 aliphatic carbocycles. The summed E-state index contributed by atoms with van der Waals surface area (Å²) in [6.07, 6.45) is 2.99. The summed E-state index contributed by atoms with van der Waals surface area (Å²) in [5, 5.41) is 0.497. The summed E-state index contributed by atoms with van der Waals surface area (Å²) in [5.41, 5.74) is 1.95. The minimum atomic E-state index is 0.442. The van der Waals surface area contributed by atoms with Crippen LogP contribution in [0.25, 0.3) is 0 Å². The molecule has 0 aliphatic heterocycles. The summed E-state index contributed by atoms with van der Waals surface area (Å²) in [6, 6.07) is 17.7. The Morgan fingerprint density at radius 2 is 1.64 bits per heavy atom. The maximum atomic E-state index is 6.22. The zero-order valence-electron chi connectivity index (χ0n) is 14.0. The fraction of sp³-hybridized carbons (Fsp3) is 0.200. The third-order valence-electron chi connectivity index (χ3n) is 3.70. The molecule has 25 heavy (non-hydrogen) atoms. The van der Waals surface area contributed by atoms with Crippen LogP contribution in [0.4, 0.5) is 0 Å². The van der Waals surface area contributed by atoms with E-state index < -0.39 is 0 Å². The lowest BCUT2D eigenvalue weighted by Gasteiger charge is -2.09. The number of para-hydroxylation sites is 1. The fourth-order valence-electron chi connectivity index (χ4n) is 2.35. The molecule has 1 heterocycles. The van der Waals surface area contributed by atoms with Gasteiger partial charge in [-0.25, -0.2) is 9.97 Å². The second-order valence-electron chi connectivity index (χ2n) is 5.45. The van der Waals surface area contributed by atoms with Crippen LogP contribution < -0.4 is 9.47 Å². The Labute approximate surface area is 152 Å². The van der Waals surface area contributed by atoms with E-state index in [0.29, 0.717) is 17.5 Å². The Balaban J connectivity index is 1.54. The Morgan fingerprint density at radius 3 is 2.36 bits per heavy atom. The van der Waals surface area contributed by atoms with Gasteiger partial charge in [0.2, 0.25) is 5.88 Å². The van der Waals surface area contributed by atoms with Crippen molar-refractivity contribution in [2.45, 2.75) is 19.8 Å². The van der Waals surface area contributed by atoms with Crippen LogP contribution in [0.2, 0.25) is 5.02 Å². The van der Waals surface area contributed by atoms with Gasteiger partial charge in [-0.2, -0.15) is 0 Å². The van der Waals surface area contributed by atoms with Crippen LogP contribution in [-0.4, -0.2) is 16.6 Å². The zero-order chi connectivity index (χ0) is 17.5. The number of nitrogens with zero attached hydrogens (tertiary/aromatic N) is 2. The van der Waals surface area contributed by atoms with Gasteiger partial charge in [-0.15, -0.1) is 0 Å². The van der Waals surface area contributed by atoms with Crippen molar-refractivity contribution >= 4 is 11.6 Å². The first-order valence-corrected chi connectivity index (χ1v) is 8.58. The van der Waals surface area contributed by atoms with Crippen molar-refractivity contribution in [3.8, 4) is 17.4 Å². The van der Waals surface area contributed by atoms with Gasteiger partial charge in [0.15, 0.2) is 0 Å². The number of hydrogen-bond donors (Lipinski definition) is 0. The van der Waals surface area contributed by atoms with Crippen LogP contribution in [0.1, 0.15) is 18.2 Å². The molecule has 0 fully saturated rings. The molecule has 0 aliphatic rings. The molecule has 3 aromatic rings. The van der Waals surface area contributed by atoms with E-state index in [4.69, 9.17) is 21.1 Å². The van der Waals surface area contributed by atoms with Gasteiger partial charge in [0.25, 0.3) is 0 Å². The molecule has 4 nitrogen and oxygen atoms in total. The maximum Gasteiger partial charge on any atom is 0.235 e. The van der Waals surface area contributed by atoms with E-state index in [1.54, 1.807) is 0 Å². The largest absolute Gasteiger partial charge is 0.476 e. The summed E-state index contributed by atoms with van der Waals surface area (Å²) in [4.78, 5) is 8.22. The summed E-state index contributed by atoms with van der Waals surface area (Å²) in [6.45, 7) is 2.50. The molecular formula is C20H19ClN2O2. The molecule has 0 saturated heterocycles. The molecule has 0 amide bonds. The second kappa shape index (κ2) is 8.49. The quantitative estimate of drug-likeness (QED) is 0.591. The predicted octanol–water partition coefficient (Wildman–Crippen LogP) is 5.11. The van der Waals surface area contributed by atoms with Crippen LogP contribution in [0, 0.1) is 0 Å². The summed E-state index contributed by atoms with van der Waals surface area (Å²) < 4.78 is 11.5. The van der Waals surface area contributed by atoms with Crippen molar-refractivity contribution in [1.82, 2.24) is 9.97 Å². The van der Waals surface area contributed by atoms with Crippen molar-refractivity contribution < 1.29 is 9.47 Å². The number of aryl methyl sites for hydroxylation is 1. The van der Waals surface area contributed by atoms with Gasteiger partial charge in [0.05, 0.1) is 12.3 Å². The van der Waals surface area contributed by atoms with E-state index in [2.05, 4.69) is 9.97 Å². The molecule has 0 atom stereocenters. The minimum absolute atomic E-state index is 0.442. The van der Waals surface area contributed by atoms with Crippen LogP contribution in [0.3, 0.4) is 0 Å². The molecule has 0 unspecified atom stereocenters. The SMILES string of the molecule is CCc1ncnc(OCCc2ccc(Oc3ccccc3)cc2)c1Cl. The second-order valence-corrected chi connectivity index (χ2v) is 5.83. The standard InChI is InChI=1S/C20H19ClN2O2/c1-2-18-19(21)20(23-14-22-18)24-13-12-15-8-10-17(11-9-15)25-16-6-4-3-5-7-16/h3-11,14H,2,12-13H2,1H3. The van der Waals surface area contributed by atoms with Crippen LogP contribution in [0.5, 0.6) is 17.4 Å². The first kappa shape index (κ1) is 17.2. The molecular weight excluding hydrogens is 336 g/mol. The highest BCUT2D eigenvalue weighted by Crippen LogP contribution is 2.25. The van der Waals surface area contributed by atoms with Gasteiger partial charge in [-0.1, -0.05) is 48.9 Å². The van der Waals surface area contributed by atoms with E-state index in [-0.39, 0.29) is 0 Å². The summed E-state index contributed by atoms with van der Waals surface area (Å²) in [7, 11) is 0. The number of halogens is 1. The highest BCUT2D eigenvalue weighted by atomic mass is 35.5. The van der Waals surface area contributed by atoms with E-state index in [9.17, 15) is 0 Å². The molecule has 0 N–H and O–H groups in total. The number of ether oxygens (including phenoxy) is 2. The van der Waals surface area contributed by atoms with Gasteiger partial charge in [-0.3, -0.25) is 0 Å². The lowest BCUT2D eigenvalue weighted by atomic mass is 10.1. The Kier molecular flexibility index (Phi) is 5.86. The molecule has 128 valence electrons. The molecule has 3 rings (SSSR count). The summed E-state index contributed by atoms with van der Waals surface area (Å²) >= 11 is 6.22. The van der Waals surface area contributed by atoms with Gasteiger partial charge in [0, 0.05) is 6.42 Å². The fourth-order valence-corrected chi connectivity index (χ4v) is 2.64. The third kappa shape index (κ3) is 4.70. The van der Waals surface area contributed by atoms with E-state index >= 15 is 0 Å². The van der Waals surface area contributed by atoms with Crippen LogP contribution in [-0.2, 0) is 12.8 Å². The first-order chi connectivity index (χ1) is 12.3. The Hall–Kier alpha value is -2.59. The molecule has 5 heteroatoms. The minimum Gasteiger partial charge on any atom is -0.476 e. The zero-order valence-corrected chi connectivity index (χ0v) is 14.7. The highest BCUT2D eigenvalue weighted by Gasteiger charge is 2.08. The van der Waals surface area contributed by atoms with Crippen molar-refractivity contribution in [1.29, 1.82) is 0 Å². The van der Waals surface area contributed by atoms with Gasteiger partial charge >= 0.3 is 0 Å². The molecule has 1 aromatic heterocycles. The predicted molar refractivity (Wildman–Crippen MR) is 98.6 cm³/mol.